The van der Waals surface area contributed by atoms with E-state index in [1.54, 1.807) is 0 Å². The number of benzene rings is 10. The third-order valence-electron chi connectivity index (χ3n) is 11.3. The number of hydrogen-bond donors (Lipinski definition) is 0. The summed E-state index contributed by atoms with van der Waals surface area (Å²) in [4.78, 5) is 15.0. The maximum absolute atomic E-state index is 5.04. The minimum absolute atomic E-state index is 0.636. The van der Waals surface area contributed by atoms with Crippen molar-refractivity contribution in [1.29, 1.82) is 0 Å². The summed E-state index contributed by atoms with van der Waals surface area (Å²) in [5, 5.41) is 9.81. The van der Waals surface area contributed by atoms with Crippen LogP contribution in [0.4, 0.5) is 0 Å². The molecule has 0 saturated heterocycles. The standard InChI is InChI=1S/C55H35N3/c1-3-16-38(17-4-1)53-56-54(39-18-5-2-6-19-39)58-55(57-53)46-23-13-22-42(34-46)43-30-31-49-50(35-43)52(45-29-27-37-15-8-10-21-41(37)33-45)48-25-12-11-24-47(48)51(49)44-28-26-36-14-7-9-20-40(36)32-44/h1-35H. The third-order valence-corrected chi connectivity index (χ3v) is 11.3. The van der Waals surface area contributed by atoms with E-state index in [0.717, 1.165) is 27.8 Å². The molecule has 270 valence electrons. The molecule has 0 unspecified atom stereocenters. The lowest BCUT2D eigenvalue weighted by Crippen LogP contribution is -2.00. The molecule has 1 heterocycles. The Morgan fingerprint density at radius 1 is 0.207 bits per heavy atom. The van der Waals surface area contributed by atoms with Crippen LogP contribution in [0.5, 0.6) is 0 Å². The van der Waals surface area contributed by atoms with E-state index >= 15 is 0 Å². The van der Waals surface area contributed by atoms with Gasteiger partial charge in [0.1, 0.15) is 0 Å². The molecule has 0 spiro atoms. The van der Waals surface area contributed by atoms with Gasteiger partial charge in [0.05, 0.1) is 0 Å². The molecular formula is C55H35N3. The third kappa shape index (κ3) is 5.98. The van der Waals surface area contributed by atoms with Gasteiger partial charge in [0.2, 0.25) is 0 Å². The van der Waals surface area contributed by atoms with Gasteiger partial charge in [0.15, 0.2) is 17.5 Å². The van der Waals surface area contributed by atoms with Gasteiger partial charge < -0.3 is 0 Å². The molecule has 0 aliphatic rings. The highest BCUT2D eigenvalue weighted by molar-refractivity contribution is 6.22. The van der Waals surface area contributed by atoms with Gasteiger partial charge in [0.25, 0.3) is 0 Å². The second kappa shape index (κ2) is 14.1. The lowest BCUT2D eigenvalue weighted by Gasteiger charge is -2.19. The van der Waals surface area contributed by atoms with Gasteiger partial charge in [-0.05, 0) is 101 Å². The summed E-state index contributed by atoms with van der Waals surface area (Å²) >= 11 is 0. The first-order valence-electron chi connectivity index (χ1n) is 19.7. The highest BCUT2D eigenvalue weighted by atomic mass is 15.0. The second-order valence-corrected chi connectivity index (χ2v) is 14.8. The quantitative estimate of drug-likeness (QED) is 0.160. The Balaban J connectivity index is 1.14. The number of aromatic nitrogens is 3. The van der Waals surface area contributed by atoms with Gasteiger partial charge in [0, 0.05) is 16.7 Å². The highest BCUT2D eigenvalue weighted by Gasteiger charge is 2.19. The van der Waals surface area contributed by atoms with Crippen molar-refractivity contribution < 1.29 is 0 Å². The van der Waals surface area contributed by atoms with Crippen molar-refractivity contribution in [1.82, 2.24) is 15.0 Å². The first-order valence-corrected chi connectivity index (χ1v) is 19.7. The van der Waals surface area contributed by atoms with Crippen molar-refractivity contribution >= 4 is 43.1 Å². The molecule has 0 aliphatic carbocycles. The predicted octanol–water partition coefficient (Wildman–Crippen LogP) is 14.5. The minimum atomic E-state index is 0.636. The van der Waals surface area contributed by atoms with Crippen LogP contribution in [0.15, 0.2) is 212 Å². The monoisotopic (exact) mass is 737 g/mol. The van der Waals surface area contributed by atoms with E-state index in [4.69, 9.17) is 15.0 Å². The molecular weight excluding hydrogens is 703 g/mol. The fraction of sp³-hybridized carbons (Fsp3) is 0. The maximum atomic E-state index is 5.04. The highest BCUT2D eigenvalue weighted by Crippen LogP contribution is 2.46. The zero-order valence-corrected chi connectivity index (χ0v) is 31.5. The summed E-state index contributed by atoms with van der Waals surface area (Å²) in [6.07, 6.45) is 0. The molecule has 0 N–H and O–H groups in total. The molecule has 0 saturated carbocycles. The molecule has 3 nitrogen and oxygen atoms in total. The Hall–Kier alpha value is -7.75. The summed E-state index contributed by atoms with van der Waals surface area (Å²) < 4.78 is 0. The Kier molecular flexibility index (Phi) is 8.15. The van der Waals surface area contributed by atoms with E-state index in [2.05, 4.69) is 152 Å². The van der Waals surface area contributed by atoms with Crippen molar-refractivity contribution in [3.05, 3.63) is 212 Å². The van der Waals surface area contributed by atoms with Crippen LogP contribution in [0.2, 0.25) is 0 Å². The first-order chi connectivity index (χ1) is 28.7. The van der Waals surface area contributed by atoms with Gasteiger partial charge in [-0.3, -0.25) is 0 Å². The van der Waals surface area contributed by atoms with Gasteiger partial charge in [-0.25, -0.2) is 15.0 Å². The van der Waals surface area contributed by atoms with Crippen LogP contribution in [0.1, 0.15) is 0 Å². The first kappa shape index (κ1) is 33.6. The second-order valence-electron chi connectivity index (χ2n) is 14.8. The van der Waals surface area contributed by atoms with Gasteiger partial charge in [-0.2, -0.15) is 0 Å². The molecule has 58 heavy (non-hydrogen) atoms. The van der Waals surface area contributed by atoms with Crippen LogP contribution in [-0.2, 0) is 0 Å². The summed E-state index contributed by atoms with van der Waals surface area (Å²) in [6.45, 7) is 0. The predicted molar refractivity (Wildman–Crippen MR) is 242 cm³/mol. The number of hydrogen-bond acceptors (Lipinski definition) is 3. The Labute approximate surface area is 336 Å². The van der Waals surface area contributed by atoms with E-state index < -0.39 is 0 Å². The summed E-state index contributed by atoms with van der Waals surface area (Å²) in [7, 11) is 0. The Bertz CT molecular complexity index is 3280. The van der Waals surface area contributed by atoms with Crippen molar-refractivity contribution in [2.45, 2.75) is 0 Å². The van der Waals surface area contributed by atoms with Crippen LogP contribution in [0.3, 0.4) is 0 Å². The molecule has 11 rings (SSSR count). The van der Waals surface area contributed by atoms with E-state index in [-0.39, 0.29) is 0 Å². The van der Waals surface area contributed by atoms with E-state index in [9.17, 15) is 0 Å². The van der Waals surface area contributed by atoms with Gasteiger partial charge >= 0.3 is 0 Å². The van der Waals surface area contributed by atoms with Gasteiger partial charge in [-0.1, -0.05) is 188 Å². The van der Waals surface area contributed by atoms with Crippen LogP contribution >= 0.6 is 0 Å². The normalized spacial score (nSPS) is 11.4. The average Bonchev–Trinajstić information content (AvgIpc) is 3.30. The SMILES string of the molecule is c1ccc(-c2nc(-c3ccccc3)nc(-c3cccc(-c4ccc5c(-c6ccc7ccccc7c6)c6ccccc6c(-c6ccc7ccccc7c6)c5c4)c3)n2)cc1. The number of rotatable bonds is 6. The van der Waals surface area contributed by atoms with Crippen molar-refractivity contribution in [3.63, 3.8) is 0 Å². The molecule has 11 aromatic rings. The van der Waals surface area contributed by atoms with E-state index in [0.29, 0.717) is 17.5 Å². The molecule has 0 fully saturated rings. The molecule has 0 radical (unpaired) electrons. The van der Waals surface area contributed by atoms with Crippen molar-refractivity contribution in [2.24, 2.45) is 0 Å². The molecule has 1 aromatic heterocycles. The molecule has 3 heteroatoms. The van der Waals surface area contributed by atoms with Crippen LogP contribution in [-0.4, -0.2) is 15.0 Å². The molecule has 10 aromatic carbocycles. The molecule has 0 amide bonds. The average molecular weight is 738 g/mol. The fourth-order valence-electron chi connectivity index (χ4n) is 8.45. The Morgan fingerprint density at radius 2 is 0.603 bits per heavy atom. The summed E-state index contributed by atoms with van der Waals surface area (Å²) in [6, 6.07) is 75.7. The Morgan fingerprint density at radius 3 is 1.17 bits per heavy atom. The van der Waals surface area contributed by atoms with Gasteiger partial charge in [-0.15, -0.1) is 0 Å². The van der Waals surface area contributed by atoms with Crippen LogP contribution in [0.25, 0.3) is 111 Å². The topological polar surface area (TPSA) is 38.7 Å². The fourth-order valence-corrected chi connectivity index (χ4v) is 8.45. The van der Waals surface area contributed by atoms with Crippen LogP contribution in [0, 0.1) is 0 Å². The molecule has 0 bridgehead atoms. The van der Waals surface area contributed by atoms with Crippen LogP contribution < -0.4 is 0 Å². The van der Waals surface area contributed by atoms with Crippen molar-refractivity contribution in [2.75, 3.05) is 0 Å². The zero-order valence-electron chi connectivity index (χ0n) is 31.5. The lowest BCUT2D eigenvalue weighted by atomic mass is 9.84. The van der Waals surface area contributed by atoms with E-state index in [1.165, 1.54) is 65.3 Å². The maximum Gasteiger partial charge on any atom is 0.164 e. The number of nitrogens with zero attached hydrogens (tertiary/aromatic N) is 3. The van der Waals surface area contributed by atoms with Crippen molar-refractivity contribution in [3.8, 4) is 67.5 Å². The summed E-state index contributed by atoms with van der Waals surface area (Å²) in [5.74, 6) is 1.93. The summed E-state index contributed by atoms with van der Waals surface area (Å²) in [5.41, 5.74) is 9.92. The minimum Gasteiger partial charge on any atom is -0.208 e. The lowest BCUT2D eigenvalue weighted by molar-refractivity contribution is 1.07. The zero-order chi connectivity index (χ0) is 38.4. The number of fused-ring (bicyclic) bond motifs is 4. The molecule has 0 aliphatic heterocycles. The van der Waals surface area contributed by atoms with E-state index in [1.807, 2.05) is 60.7 Å². The smallest absolute Gasteiger partial charge is 0.164 e. The molecule has 0 atom stereocenters. The largest absolute Gasteiger partial charge is 0.208 e.